The highest BCUT2D eigenvalue weighted by molar-refractivity contribution is 5.91. The average Bonchev–Trinajstić information content (AvgIpc) is 3.07. The number of hydrogen-bond acceptors (Lipinski definition) is 6. The predicted molar refractivity (Wildman–Crippen MR) is 111 cm³/mol. The van der Waals surface area contributed by atoms with Crippen molar-refractivity contribution in [3.63, 3.8) is 0 Å². The van der Waals surface area contributed by atoms with E-state index in [1.165, 1.54) is 21.3 Å². The minimum Gasteiger partial charge on any atom is -0.493 e. The number of carbonyl (C=O) groups is 1. The summed E-state index contributed by atoms with van der Waals surface area (Å²) < 4.78 is 21.8. The Kier molecular flexibility index (Phi) is 6.03. The van der Waals surface area contributed by atoms with Crippen molar-refractivity contribution in [1.29, 1.82) is 0 Å². The highest BCUT2D eigenvalue weighted by atomic mass is 16.5. The molecule has 0 aliphatic carbocycles. The van der Waals surface area contributed by atoms with E-state index in [0.29, 0.717) is 22.8 Å². The predicted octanol–water partition coefficient (Wildman–Crippen LogP) is 3.93. The van der Waals surface area contributed by atoms with Crippen LogP contribution < -0.4 is 19.5 Å². The van der Waals surface area contributed by atoms with Gasteiger partial charge in [-0.05, 0) is 44.4 Å². The smallest absolute Gasteiger partial charge is 0.338 e. The van der Waals surface area contributed by atoms with Crippen LogP contribution in [0.15, 0.2) is 42.5 Å². The SMILES string of the molecule is COc1cc(C(=O)OCC2(c3ccccc3)CCC(C)(C)N2)cc(OC)c1OC. The van der Waals surface area contributed by atoms with Gasteiger partial charge in [0.2, 0.25) is 5.75 Å². The molecule has 1 unspecified atom stereocenters. The van der Waals surface area contributed by atoms with Gasteiger partial charge in [0.1, 0.15) is 6.61 Å². The third-order valence-electron chi connectivity index (χ3n) is 5.43. The van der Waals surface area contributed by atoms with E-state index in [0.717, 1.165) is 18.4 Å². The van der Waals surface area contributed by atoms with Gasteiger partial charge in [-0.3, -0.25) is 5.32 Å². The van der Waals surface area contributed by atoms with Crippen LogP contribution in [0.1, 0.15) is 42.6 Å². The first-order valence-corrected chi connectivity index (χ1v) is 9.66. The second kappa shape index (κ2) is 8.33. The molecule has 1 heterocycles. The maximum Gasteiger partial charge on any atom is 0.338 e. The van der Waals surface area contributed by atoms with E-state index in [2.05, 4.69) is 31.3 Å². The second-order valence-electron chi connectivity index (χ2n) is 7.95. The molecule has 1 fully saturated rings. The highest BCUT2D eigenvalue weighted by Crippen LogP contribution is 2.40. The Bertz CT molecular complexity index is 840. The van der Waals surface area contributed by atoms with Gasteiger partial charge in [-0.2, -0.15) is 0 Å². The standard InChI is InChI=1S/C23H29NO5/c1-22(2)11-12-23(24-22,17-9-7-6-8-10-17)15-29-21(25)16-13-18(26-3)20(28-5)19(14-16)27-4/h6-10,13-14,24H,11-12,15H2,1-5H3. The lowest BCUT2D eigenvalue weighted by atomic mass is 9.89. The van der Waals surface area contributed by atoms with Crippen LogP contribution in [0.3, 0.4) is 0 Å². The summed E-state index contributed by atoms with van der Waals surface area (Å²) in [4.78, 5) is 12.9. The van der Waals surface area contributed by atoms with Crippen LogP contribution in [-0.2, 0) is 10.3 Å². The quantitative estimate of drug-likeness (QED) is 0.712. The minimum absolute atomic E-state index is 0.0329. The van der Waals surface area contributed by atoms with Gasteiger partial charge in [-0.25, -0.2) is 4.79 Å². The molecule has 0 spiro atoms. The molecule has 0 saturated carbocycles. The summed E-state index contributed by atoms with van der Waals surface area (Å²) in [5.41, 5.74) is 1.01. The van der Waals surface area contributed by atoms with E-state index in [1.807, 2.05) is 18.2 Å². The first kappa shape index (κ1) is 21.0. The van der Waals surface area contributed by atoms with E-state index in [4.69, 9.17) is 18.9 Å². The molecule has 0 radical (unpaired) electrons. The normalized spacial score (nSPS) is 20.2. The van der Waals surface area contributed by atoms with Crippen molar-refractivity contribution in [3.05, 3.63) is 53.6 Å². The minimum atomic E-state index is -0.439. The largest absolute Gasteiger partial charge is 0.493 e. The van der Waals surface area contributed by atoms with Gasteiger partial charge in [0.25, 0.3) is 0 Å². The summed E-state index contributed by atoms with van der Waals surface area (Å²) >= 11 is 0. The Morgan fingerprint density at radius 1 is 0.966 bits per heavy atom. The molecule has 0 aromatic heterocycles. The molecule has 6 nitrogen and oxygen atoms in total. The van der Waals surface area contributed by atoms with Crippen molar-refractivity contribution in [2.24, 2.45) is 0 Å². The molecule has 2 aromatic rings. The summed E-state index contributed by atoms with van der Waals surface area (Å²) in [6, 6.07) is 13.3. The van der Waals surface area contributed by atoms with Crippen molar-refractivity contribution in [2.75, 3.05) is 27.9 Å². The van der Waals surface area contributed by atoms with Gasteiger partial charge in [-0.1, -0.05) is 30.3 Å². The molecule has 1 aliphatic rings. The third kappa shape index (κ3) is 4.32. The first-order chi connectivity index (χ1) is 13.8. The van der Waals surface area contributed by atoms with E-state index in [-0.39, 0.29) is 12.1 Å². The van der Waals surface area contributed by atoms with Gasteiger partial charge in [0.15, 0.2) is 11.5 Å². The highest BCUT2D eigenvalue weighted by Gasteiger charge is 2.44. The van der Waals surface area contributed by atoms with E-state index in [9.17, 15) is 4.79 Å². The number of ether oxygens (including phenoxy) is 4. The van der Waals surface area contributed by atoms with Crippen molar-refractivity contribution in [2.45, 2.75) is 37.8 Å². The lowest BCUT2D eigenvalue weighted by molar-refractivity contribution is 0.0366. The first-order valence-electron chi connectivity index (χ1n) is 9.66. The number of esters is 1. The molecule has 29 heavy (non-hydrogen) atoms. The van der Waals surface area contributed by atoms with Crippen LogP contribution in [-0.4, -0.2) is 39.4 Å². The van der Waals surface area contributed by atoms with Gasteiger partial charge in [0, 0.05) is 5.54 Å². The zero-order valence-corrected chi connectivity index (χ0v) is 17.7. The van der Waals surface area contributed by atoms with Gasteiger partial charge in [0.05, 0.1) is 32.4 Å². The van der Waals surface area contributed by atoms with E-state index < -0.39 is 11.5 Å². The molecule has 0 amide bonds. The fraction of sp³-hybridized carbons (Fsp3) is 0.435. The Morgan fingerprint density at radius 3 is 2.07 bits per heavy atom. The van der Waals surface area contributed by atoms with Crippen molar-refractivity contribution >= 4 is 5.97 Å². The summed E-state index contributed by atoms with van der Waals surface area (Å²) in [6.45, 7) is 4.56. The molecular formula is C23H29NO5. The second-order valence-corrected chi connectivity index (χ2v) is 7.95. The fourth-order valence-electron chi connectivity index (χ4n) is 3.93. The Morgan fingerprint density at radius 2 is 1.59 bits per heavy atom. The molecule has 156 valence electrons. The number of rotatable bonds is 7. The molecular weight excluding hydrogens is 370 g/mol. The number of hydrogen-bond donors (Lipinski definition) is 1. The summed E-state index contributed by atoms with van der Waals surface area (Å²) in [6.07, 6.45) is 1.87. The lowest BCUT2D eigenvalue weighted by Crippen LogP contribution is -2.48. The van der Waals surface area contributed by atoms with Crippen molar-refractivity contribution in [1.82, 2.24) is 5.32 Å². The number of benzene rings is 2. The molecule has 1 saturated heterocycles. The maximum absolute atomic E-state index is 12.9. The number of carbonyl (C=O) groups excluding carboxylic acids is 1. The Labute approximate surface area is 172 Å². The molecule has 1 atom stereocenters. The lowest BCUT2D eigenvalue weighted by Gasteiger charge is -2.33. The zero-order chi connectivity index (χ0) is 21.1. The van der Waals surface area contributed by atoms with Gasteiger partial charge >= 0.3 is 5.97 Å². The number of methoxy groups -OCH3 is 3. The number of nitrogens with one attached hydrogen (secondary N) is 1. The zero-order valence-electron chi connectivity index (χ0n) is 17.7. The molecule has 0 bridgehead atoms. The summed E-state index contributed by atoms with van der Waals surface area (Å²) in [5, 5.41) is 3.68. The summed E-state index contributed by atoms with van der Waals surface area (Å²) in [5.74, 6) is 0.825. The monoisotopic (exact) mass is 399 g/mol. The van der Waals surface area contributed by atoms with Crippen molar-refractivity contribution in [3.8, 4) is 17.2 Å². The Balaban J connectivity index is 1.85. The van der Waals surface area contributed by atoms with E-state index in [1.54, 1.807) is 12.1 Å². The van der Waals surface area contributed by atoms with Crippen molar-refractivity contribution < 1.29 is 23.7 Å². The van der Waals surface area contributed by atoms with Crippen LogP contribution in [0, 0.1) is 0 Å². The van der Waals surface area contributed by atoms with Crippen LogP contribution in [0.5, 0.6) is 17.2 Å². The summed E-state index contributed by atoms with van der Waals surface area (Å²) in [7, 11) is 4.55. The molecule has 6 heteroatoms. The average molecular weight is 399 g/mol. The molecule has 1 aliphatic heterocycles. The maximum atomic E-state index is 12.9. The van der Waals surface area contributed by atoms with Gasteiger partial charge in [-0.15, -0.1) is 0 Å². The van der Waals surface area contributed by atoms with Crippen LogP contribution >= 0.6 is 0 Å². The molecule has 2 aromatic carbocycles. The fourth-order valence-corrected chi connectivity index (χ4v) is 3.93. The Hall–Kier alpha value is -2.73. The molecule has 1 N–H and O–H groups in total. The molecule has 3 rings (SSSR count). The van der Waals surface area contributed by atoms with E-state index >= 15 is 0 Å². The third-order valence-corrected chi connectivity index (χ3v) is 5.43. The van der Waals surface area contributed by atoms with Gasteiger partial charge < -0.3 is 18.9 Å². The van der Waals surface area contributed by atoms with Crippen LogP contribution in [0.4, 0.5) is 0 Å². The van der Waals surface area contributed by atoms with Crippen LogP contribution in [0.25, 0.3) is 0 Å². The van der Waals surface area contributed by atoms with Crippen LogP contribution in [0.2, 0.25) is 0 Å². The topological polar surface area (TPSA) is 66.0 Å².